The first-order valence-electron chi connectivity index (χ1n) is 8.80. The van der Waals surface area contributed by atoms with E-state index in [1.165, 1.54) is 11.8 Å². The summed E-state index contributed by atoms with van der Waals surface area (Å²) in [5.74, 6) is 0.703. The van der Waals surface area contributed by atoms with Crippen molar-refractivity contribution >= 4 is 33.2 Å². The van der Waals surface area contributed by atoms with Gasteiger partial charge in [0.25, 0.3) is 5.22 Å². The van der Waals surface area contributed by atoms with Crippen molar-refractivity contribution in [3.63, 3.8) is 0 Å². The molecule has 0 unspecified atom stereocenters. The Hall–Kier alpha value is -1.87. The Morgan fingerprint density at radius 3 is 2.67 bits per heavy atom. The Labute approximate surface area is 163 Å². The van der Waals surface area contributed by atoms with Crippen LogP contribution in [0.5, 0.6) is 0 Å². The Morgan fingerprint density at radius 1 is 1.33 bits per heavy atom. The molecule has 1 fully saturated rings. The molecule has 2 atom stereocenters. The molecule has 0 saturated carbocycles. The number of nitrogens with zero attached hydrogens (tertiary/aromatic N) is 2. The zero-order valence-electron chi connectivity index (χ0n) is 15.6. The number of anilines is 1. The van der Waals surface area contributed by atoms with Crippen LogP contribution in [-0.2, 0) is 21.1 Å². The van der Waals surface area contributed by atoms with Crippen molar-refractivity contribution < 1.29 is 17.6 Å². The molecule has 7 nitrogen and oxygen atoms in total. The maximum atomic E-state index is 12.5. The molecule has 1 aromatic carbocycles. The van der Waals surface area contributed by atoms with E-state index >= 15 is 0 Å². The summed E-state index contributed by atoms with van der Waals surface area (Å²) >= 11 is 1.19. The standard InChI is InChI=1S/C18H23N3O4S2/c1-11-5-4-6-12(2)16(11)19-17(22)13(3)26-18-21-20-15(25-18)9-14-7-8-27(23,24)10-14/h4-6,13-14H,7-10H2,1-3H3,(H,19,22)/t13-,14+/m0/s1. The molecule has 1 aromatic heterocycles. The average Bonchev–Trinajstić information content (AvgIpc) is 3.17. The SMILES string of the molecule is Cc1cccc(C)c1NC(=O)[C@H](C)Sc1nnc(C[C@H]2CCS(=O)(=O)C2)o1. The minimum absolute atomic E-state index is 0.0260. The number of carbonyl (C=O) groups is 1. The number of nitrogens with one attached hydrogen (secondary N) is 1. The largest absolute Gasteiger partial charge is 0.416 e. The number of hydrogen-bond acceptors (Lipinski definition) is 7. The van der Waals surface area contributed by atoms with Crippen LogP contribution in [0.4, 0.5) is 5.69 Å². The van der Waals surface area contributed by atoms with E-state index < -0.39 is 15.1 Å². The van der Waals surface area contributed by atoms with Crippen molar-refractivity contribution in [1.29, 1.82) is 0 Å². The van der Waals surface area contributed by atoms with Gasteiger partial charge in [0.1, 0.15) is 0 Å². The molecular weight excluding hydrogens is 386 g/mol. The van der Waals surface area contributed by atoms with Gasteiger partial charge in [-0.3, -0.25) is 4.79 Å². The van der Waals surface area contributed by atoms with Crippen molar-refractivity contribution in [3.8, 4) is 0 Å². The molecule has 1 aliphatic rings. The molecule has 0 radical (unpaired) electrons. The number of sulfone groups is 1. The van der Waals surface area contributed by atoms with E-state index in [9.17, 15) is 13.2 Å². The molecule has 27 heavy (non-hydrogen) atoms. The van der Waals surface area contributed by atoms with E-state index in [0.717, 1.165) is 16.8 Å². The quantitative estimate of drug-likeness (QED) is 0.732. The number of aryl methyl sites for hydroxylation is 2. The van der Waals surface area contributed by atoms with Gasteiger partial charge in [0.05, 0.1) is 16.8 Å². The molecule has 3 rings (SSSR count). The van der Waals surface area contributed by atoms with Gasteiger partial charge in [-0.1, -0.05) is 30.0 Å². The van der Waals surface area contributed by atoms with Crippen molar-refractivity contribution in [3.05, 3.63) is 35.2 Å². The number of hydrogen-bond donors (Lipinski definition) is 1. The lowest BCUT2D eigenvalue weighted by molar-refractivity contribution is -0.115. The molecule has 9 heteroatoms. The molecule has 2 aromatic rings. The average molecular weight is 410 g/mol. The monoisotopic (exact) mass is 409 g/mol. The predicted octanol–water partition coefficient (Wildman–Crippen LogP) is 2.78. The van der Waals surface area contributed by atoms with Crippen LogP contribution < -0.4 is 5.32 Å². The fraction of sp³-hybridized carbons (Fsp3) is 0.500. The molecular formula is C18H23N3O4S2. The van der Waals surface area contributed by atoms with Crippen LogP contribution in [0.15, 0.2) is 27.8 Å². The van der Waals surface area contributed by atoms with E-state index in [1.54, 1.807) is 6.92 Å². The maximum absolute atomic E-state index is 12.5. The number of carbonyl (C=O) groups excluding carboxylic acids is 1. The highest BCUT2D eigenvalue weighted by atomic mass is 32.2. The predicted molar refractivity (Wildman–Crippen MR) is 105 cm³/mol. The third-order valence-corrected chi connectivity index (χ3v) is 7.39. The summed E-state index contributed by atoms with van der Waals surface area (Å²) in [5.41, 5.74) is 2.84. The lowest BCUT2D eigenvalue weighted by Gasteiger charge is -2.14. The molecule has 146 valence electrons. The van der Waals surface area contributed by atoms with Crippen molar-refractivity contribution in [2.24, 2.45) is 5.92 Å². The number of aromatic nitrogens is 2. The number of thioether (sulfide) groups is 1. The molecule has 1 N–H and O–H groups in total. The smallest absolute Gasteiger partial charge is 0.277 e. The molecule has 0 aliphatic carbocycles. The number of para-hydroxylation sites is 1. The van der Waals surface area contributed by atoms with E-state index in [2.05, 4.69) is 15.5 Å². The summed E-state index contributed by atoms with van der Waals surface area (Å²) in [4.78, 5) is 12.5. The first-order valence-corrected chi connectivity index (χ1v) is 11.5. The van der Waals surface area contributed by atoms with Gasteiger partial charge in [-0.05, 0) is 44.2 Å². The van der Waals surface area contributed by atoms with Gasteiger partial charge in [0, 0.05) is 12.1 Å². The third-order valence-electron chi connectivity index (χ3n) is 4.61. The van der Waals surface area contributed by atoms with Gasteiger partial charge < -0.3 is 9.73 Å². The normalized spacial score (nSPS) is 19.7. The Kier molecular flexibility index (Phi) is 5.90. The van der Waals surface area contributed by atoms with E-state index in [4.69, 9.17) is 4.42 Å². The fourth-order valence-electron chi connectivity index (χ4n) is 3.09. The highest BCUT2D eigenvalue weighted by Gasteiger charge is 2.29. The Morgan fingerprint density at radius 2 is 2.04 bits per heavy atom. The van der Waals surface area contributed by atoms with Crippen molar-refractivity contribution in [2.75, 3.05) is 16.8 Å². The van der Waals surface area contributed by atoms with Gasteiger partial charge in [-0.2, -0.15) is 0 Å². The second-order valence-electron chi connectivity index (χ2n) is 6.95. The van der Waals surface area contributed by atoms with Crippen molar-refractivity contribution in [2.45, 2.75) is 44.1 Å². The zero-order chi connectivity index (χ0) is 19.6. The Balaban J connectivity index is 1.57. The summed E-state index contributed by atoms with van der Waals surface area (Å²) in [7, 11) is -2.92. The van der Waals surface area contributed by atoms with Crippen molar-refractivity contribution in [1.82, 2.24) is 10.2 Å². The third kappa shape index (κ3) is 5.10. The second kappa shape index (κ2) is 8.02. The van der Waals surface area contributed by atoms with Crippen LogP contribution in [0.3, 0.4) is 0 Å². The fourth-order valence-corrected chi connectivity index (χ4v) is 5.65. The van der Waals surface area contributed by atoms with Crippen LogP contribution in [0.1, 0.15) is 30.4 Å². The van der Waals surface area contributed by atoms with E-state index in [0.29, 0.717) is 24.0 Å². The molecule has 0 bridgehead atoms. The summed E-state index contributed by atoms with van der Waals surface area (Å²) in [6, 6.07) is 5.86. The minimum Gasteiger partial charge on any atom is -0.416 e. The topological polar surface area (TPSA) is 102 Å². The lowest BCUT2D eigenvalue weighted by Crippen LogP contribution is -2.23. The first-order chi connectivity index (χ1) is 12.7. The van der Waals surface area contributed by atoms with Crippen LogP contribution in [-0.4, -0.2) is 41.3 Å². The molecule has 0 spiro atoms. The summed E-state index contributed by atoms with van der Waals surface area (Å²) < 4.78 is 28.7. The number of amides is 1. The molecule has 1 amide bonds. The molecule has 2 heterocycles. The van der Waals surface area contributed by atoms with E-state index in [-0.39, 0.29) is 23.3 Å². The minimum atomic E-state index is -2.92. The van der Waals surface area contributed by atoms with Gasteiger partial charge in [-0.15, -0.1) is 10.2 Å². The van der Waals surface area contributed by atoms with Crippen LogP contribution >= 0.6 is 11.8 Å². The highest BCUT2D eigenvalue weighted by Crippen LogP contribution is 2.27. The number of benzene rings is 1. The van der Waals surface area contributed by atoms with Gasteiger partial charge in [0.15, 0.2) is 9.84 Å². The zero-order valence-corrected chi connectivity index (χ0v) is 17.2. The van der Waals surface area contributed by atoms with Gasteiger partial charge in [0.2, 0.25) is 11.8 Å². The first kappa shape index (κ1) is 19.9. The van der Waals surface area contributed by atoms with E-state index in [1.807, 2.05) is 32.0 Å². The summed E-state index contributed by atoms with van der Waals surface area (Å²) in [5, 5.41) is 10.8. The summed E-state index contributed by atoms with van der Waals surface area (Å²) in [6.45, 7) is 5.68. The maximum Gasteiger partial charge on any atom is 0.277 e. The van der Waals surface area contributed by atoms with Crippen LogP contribution in [0.2, 0.25) is 0 Å². The van der Waals surface area contributed by atoms with Gasteiger partial charge >= 0.3 is 0 Å². The highest BCUT2D eigenvalue weighted by molar-refractivity contribution is 8.00. The Bertz CT molecular complexity index is 920. The van der Waals surface area contributed by atoms with Crippen LogP contribution in [0.25, 0.3) is 0 Å². The molecule has 1 saturated heterocycles. The van der Waals surface area contributed by atoms with Gasteiger partial charge in [-0.25, -0.2) is 8.42 Å². The molecule has 1 aliphatic heterocycles. The van der Waals surface area contributed by atoms with Crippen LogP contribution in [0, 0.1) is 19.8 Å². The summed E-state index contributed by atoms with van der Waals surface area (Å²) in [6.07, 6.45) is 1.08. The second-order valence-corrected chi connectivity index (χ2v) is 10.5. The number of rotatable bonds is 6. The lowest BCUT2D eigenvalue weighted by atomic mass is 10.1.